The van der Waals surface area contributed by atoms with Crippen LogP contribution in [0.4, 0.5) is 10.1 Å². The lowest BCUT2D eigenvalue weighted by Gasteiger charge is -2.23. The molecule has 6 heteroatoms. The van der Waals surface area contributed by atoms with Crippen molar-refractivity contribution in [2.24, 2.45) is 0 Å². The number of benzene rings is 1. The van der Waals surface area contributed by atoms with E-state index in [2.05, 4.69) is 24.3 Å². The van der Waals surface area contributed by atoms with E-state index in [1.165, 1.54) is 25.3 Å². The molecule has 5 nitrogen and oxygen atoms in total. The molecule has 0 aliphatic heterocycles. The third kappa shape index (κ3) is 3.75. The zero-order valence-corrected chi connectivity index (χ0v) is 15.0. The molecule has 0 saturated heterocycles. The molecule has 1 heterocycles. The molecule has 1 aromatic carbocycles. The fourth-order valence-corrected chi connectivity index (χ4v) is 2.41. The number of aromatic nitrogens is 2. The molecule has 0 aliphatic rings. The molecule has 0 bridgehead atoms. The third-order valence-electron chi connectivity index (χ3n) is 3.61. The van der Waals surface area contributed by atoms with Gasteiger partial charge < -0.3 is 10.1 Å². The number of hydrogen-bond donors (Lipinski definition) is 1. The molecule has 0 radical (unpaired) electrons. The van der Waals surface area contributed by atoms with Crippen LogP contribution >= 0.6 is 0 Å². The Morgan fingerprint density at radius 3 is 2.46 bits per heavy atom. The number of nitrogens with one attached hydrogen (secondary N) is 1. The molecule has 1 amide bonds. The topological polar surface area (TPSA) is 56.1 Å². The lowest BCUT2D eigenvalue weighted by Crippen LogP contribution is -2.26. The molecule has 0 atom stereocenters. The molecule has 2 rings (SSSR count). The minimum absolute atomic E-state index is 0.230. The van der Waals surface area contributed by atoms with Crippen LogP contribution in [0, 0.1) is 5.82 Å². The van der Waals surface area contributed by atoms with Gasteiger partial charge in [-0.2, -0.15) is 5.10 Å². The van der Waals surface area contributed by atoms with Gasteiger partial charge in [0.05, 0.1) is 18.3 Å². The van der Waals surface area contributed by atoms with Crippen LogP contribution in [-0.4, -0.2) is 22.8 Å². The Bertz CT molecular complexity index is 745. The van der Waals surface area contributed by atoms with Crippen LogP contribution < -0.4 is 10.1 Å². The van der Waals surface area contributed by atoms with Crippen molar-refractivity contribution in [2.45, 2.75) is 46.1 Å². The van der Waals surface area contributed by atoms with Gasteiger partial charge in [-0.25, -0.2) is 4.39 Å². The highest BCUT2D eigenvalue weighted by Gasteiger charge is 2.24. The van der Waals surface area contributed by atoms with E-state index in [9.17, 15) is 9.18 Å². The van der Waals surface area contributed by atoms with Crippen LogP contribution in [0.1, 0.15) is 56.7 Å². The first kappa shape index (κ1) is 18.0. The summed E-state index contributed by atoms with van der Waals surface area (Å²) in [5.74, 6) is -0.282. The summed E-state index contributed by atoms with van der Waals surface area (Å²) in [4.78, 5) is 12.5. The van der Waals surface area contributed by atoms with Crippen molar-refractivity contribution in [1.82, 2.24) is 9.78 Å². The summed E-state index contributed by atoms with van der Waals surface area (Å²) in [5.41, 5.74) is 1.48. The van der Waals surface area contributed by atoms with E-state index in [0.29, 0.717) is 11.4 Å². The van der Waals surface area contributed by atoms with Gasteiger partial charge in [0.15, 0.2) is 5.69 Å². The van der Waals surface area contributed by atoms with E-state index in [0.717, 1.165) is 5.69 Å². The van der Waals surface area contributed by atoms with Gasteiger partial charge in [0.2, 0.25) is 0 Å². The van der Waals surface area contributed by atoms with Crippen LogP contribution in [0.15, 0.2) is 24.3 Å². The molecule has 0 aliphatic carbocycles. The molecule has 0 spiro atoms. The highest BCUT2D eigenvalue weighted by atomic mass is 19.1. The molecule has 1 aromatic heterocycles. The second kappa shape index (κ2) is 6.63. The minimum Gasteiger partial charge on any atom is -0.494 e. The summed E-state index contributed by atoms with van der Waals surface area (Å²) < 4.78 is 20.2. The van der Waals surface area contributed by atoms with E-state index < -0.39 is 5.82 Å². The Morgan fingerprint density at radius 2 is 1.96 bits per heavy atom. The van der Waals surface area contributed by atoms with Gasteiger partial charge in [-0.1, -0.05) is 13.8 Å². The zero-order chi connectivity index (χ0) is 18.1. The predicted molar refractivity (Wildman–Crippen MR) is 92.2 cm³/mol. The lowest BCUT2D eigenvalue weighted by molar-refractivity contribution is 0.102. The largest absolute Gasteiger partial charge is 0.494 e. The second-order valence-corrected chi connectivity index (χ2v) is 6.99. The molecule has 130 valence electrons. The summed E-state index contributed by atoms with van der Waals surface area (Å²) in [5, 5.41) is 7.19. The van der Waals surface area contributed by atoms with Crippen molar-refractivity contribution in [3.8, 4) is 5.75 Å². The van der Waals surface area contributed by atoms with Gasteiger partial charge in [-0.15, -0.1) is 0 Å². The van der Waals surface area contributed by atoms with Crippen LogP contribution in [-0.2, 0) is 5.54 Å². The summed E-state index contributed by atoms with van der Waals surface area (Å²) in [6.07, 6.45) is 0. The molecule has 0 fully saturated rings. The molecule has 0 saturated carbocycles. The molecule has 1 N–H and O–H groups in total. The Hall–Kier alpha value is -2.37. The Kier molecular flexibility index (Phi) is 4.96. The maximum atomic E-state index is 13.3. The summed E-state index contributed by atoms with van der Waals surface area (Å²) in [6, 6.07) is 5.76. The van der Waals surface area contributed by atoms with Crippen LogP contribution in [0.3, 0.4) is 0 Å². The summed E-state index contributed by atoms with van der Waals surface area (Å²) in [6.45, 7) is 10.2. The van der Waals surface area contributed by atoms with Crippen molar-refractivity contribution in [3.63, 3.8) is 0 Å². The lowest BCUT2D eigenvalue weighted by atomic mass is 10.1. The van der Waals surface area contributed by atoms with Crippen LogP contribution in [0.5, 0.6) is 5.75 Å². The molecule has 24 heavy (non-hydrogen) atoms. The van der Waals surface area contributed by atoms with Gasteiger partial charge in [0, 0.05) is 11.8 Å². The number of amides is 1. The number of carbonyl (C=O) groups is 1. The smallest absolute Gasteiger partial charge is 0.276 e. The number of halogens is 1. The Morgan fingerprint density at radius 1 is 1.29 bits per heavy atom. The predicted octanol–water partition coefficient (Wildman–Crippen LogP) is 4.16. The van der Waals surface area contributed by atoms with Crippen molar-refractivity contribution in [2.75, 3.05) is 12.4 Å². The van der Waals surface area contributed by atoms with Gasteiger partial charge in [0.25, 0.3) is 5.91 Å². The molecular formula is C18H24FN3O2. The SMILES string of the molecule is COc1cc(F)ccc1NC(=O)c1cc(C(C)C)n(C(C)(C)C)n1. The summed E-state index contributed by atoms with van der Waals surface area (Å²) >= 11 is 0. The molecular weight excluding hydrogens is 309 g/mol. The first-order valence-electron chi connectivity index (χ1n) is 7.89. The highest BCUT2D eigenvalue weighted by molar-refractivity contribution is 6.03. The average Bonchev–Trinajstić information content (AvgIpc) is 2.94. The van der Waals surface area contributed by atoms with Gasteiger partial charge >= 0.3 is 0 Å². The normalized spacial score (nSPS) is 11.7. The monoisotopic (exact) mass is 333 g/mol. The van der Waals surface area contributed by atoms with Crippen molar-refractivity contribution in [1.29, 1.82) is 0 Å². The fraction of sp³-hybridized carbons (Fsp3) is 0.444. The highest BCUT2D eigenvalue weighted by Crippen LogP contribution is 2.27. The first-order chi connectivity index (χ1) is 11.1. The number of nitrogens with zero attached hydrogens (tertiary/aromatic N) is 2. The zero-order valence-electron chi connectivity index (χ0n) is 15.0. The quantitative estimate of drug-likeness (QED) is 0.914. The second-order valence-electron chi connectivity index (χ2n) is 6.99. The average molecular weight is 333 g/mol. The number of ether oxygens (including phenoxy) is 1. The fourth-order valence-electron chi connectivity index (χ4n) is 2.41. The third-order valence-corrected chi connectivity index (χ3v) is 3.61. The van der Waals surface area contributed by atoms with Crippen molar-refractivity contribution >= 4 is 11.6 Å². The maximum absolute atomic E-state index is 13.3. The molecule has 0 unspecified atom stereocenters. The number of rotatable bonds is 4. The van der Waals surface area contributed by atoms with Crippen LogP contribution in [0.25, 0.3) is 0 Å². The minimum atomic E-state index is -0.427. The van der Waals surface area contributed by atoms with E-state index in [1.54, 1.807) is 6.07 Å². The number of carbonyl (C=O) groups excluding carboxylic acids is 1. The maximum Gasteiger partial charge on any atom is 0.276 e. The number of hydrogen-bond acceptors (Lipinski definition) is 3. The Balaban J connectivity index is 2.34. The van der Waals surface area contributed by atoms with Gasteiger partial charge in [-0.3, -0.25) is 9.48 Å². The van der Waals surface area contributed by atoms with E-state index >= 15 is 0 Å². The Labute approximate surface area is 141 Å². The van der Waals surface area contributed by atoms with Crippen molar-refractivity contribution < 1.29 is 13.9 Å². The van der Waals surface area contributed by atoms with E-state index in [4.69, 9.17) is 4.74 Å². The van der Waals surface area contributed by atoms with Crippen LogP contribution in [0.2, 0.25) is 0 Å². The van der Waals surface area contributed by atoms with Gasteiger partial charge in [-0.05, 0) is 44.9 Å². The number of methoxy groups -OCH3 is 1. The van der Waals surface area contributed by atoms with Crippen molar-refractivity contribution in [3.05, 3.63) is 41.5 Å². The number of anilines is 1. The van der Waals surface area contributed by atoms with E-state index in [1.807, 2.05) is 25.5 Å². The van der Waals surface area contributed by atoms with E-state index in [-0.39, 0.29) is 23.1 Å². The molecule has 2 aromatic rings. The van der Waals surface area contributed by atoms with Gasteiger partial charge in [0.1, 0.15) is 11.6 Å². The standard InChI is InChI=1S/C18H24FN3O2/c1-11(2)15-10-14(21-22(15)18(3,4)5)17(23)20-13-8-7-12(19)9-16(13)24-6/h7-11H,1-6H3,(H,20,23). The summed E-state index contributed by atoms with van der Waals surface area (Å²) in [7, 11) is 1.43. The first-order valence-corrected chi connectivity index (χ1v) is 7.89.